The van der Waals surface area contributed by atoms with Crippen LogP contribution in [0, 0.1) is 0 Å². The fourth-order valence-electron chi connectivity index (χ4n) is 3.90. The molecule has 0 saturated carbocycles. The average Bonchev–Trinajstić information content (AvgIpc) is 2.83. The van der Waals surface area contributed by atoms with E-state index in [-0.39, 0.29) is 12.3 Å². The van der Waals surface area contributed by atoms with Gasteiger partial charge in [0, 0.05) is 36.2 Å². The maximum absolute atomic E-state index is 12.5. The van der Waals surface area contributed by atoms with E-state index in [2.05, 4.69) is 36.1 Å². The molecule has 0 atom stereocenters. The zero-order chi connectivity index (χ0) is 23.7. The van der Waals surface area contributed by atoms with E-state index in [1.165, 1.54) is 44.9 Å². The van der Waals surface area contributed by atoms with Crippen LogP contribution in [0.5, 0.6) is 11.5 Å². The van der Waals surface area contributed by atoms with Crippen LogP contribution >= 0.6 is 0 Å². The molecule has 5 heteroatoms. The first-order chi connectivity index (χ1) is 16.2. The van der Waals surface area contributed by atoms with Gasteiger partial charge < -0.3 is 14.8 Å². The molecule has 0 spiro atoms. The van der Waals surface area contributed by atoms with Crippen LogP contribution in [0.2, 0.25) is 0 Å². The van der Waals surface area contributed by atoms with Crippen LogP contribution in [0.15, 0.2) is 42.7 Å². The summed E-state index contributed by atoms with van der Waals surface area (Å²) in [6.45, 7) is 6.62. The Hall–Kier alpha value is -2.56. The maximum atomic E-state index is 12.5. The van der Waals surface area contributed by atoms with E-state index in [0.29, 0.717) is 18.9 Å². The van der Waals surface area contributed by atoms with Crippen LogP contribution in [0.4, 0.5) is 0 Å². The van der Waals surface area contributed by atoms with E-state index in [9.17, 15) is 4.79 Å². The number of rotatable bonds is 17. The number of carbonyl (C=O) groups is 1. The first-order valence-corrected chi connectivity index (χ1v) is 12.7. The third-order valence-electron chi connectivity index (χ3n) is 5.77. The van der Waals surface area contributed by atoms with E-state index in [1.54, 1.807) is 7.11 Å². The van der Waals surface area contributed by atoms with Gasteiger partial charge in [0.15, 0.2) is 12.4 Å². The summed E-state index contributed by atoms with van der Waals surface area (Å²) < 4.78 is 13.6. The Morgan fingerprint density at radius 2 is 1.73 bits per heavy atom. The first kappa shape index (κ1) is 26.7. The van der Waals surface area contributed by atoms with Crippen molar-refractivity contribution in [3.63, 3.8) is 0 Å². The number of unbranched alkanes of at least 4 members (excludes halogenated alkanes) is 7. The number of ether oxygens (including phenoxy) is 2. The molecule has 0 radical (unpaired) electrons. The monoisotopic (exact) mass is 455 g/mol. The Balaban J connectivity index is 1.73. The third kappa shape index (κ3) is 10.7. The second-order valence-electron chi connectivity index (χ2n) is 8.70. The number of carbonyl (C=O) groups excluding carboxylic acids is 1. The molecule has 1 amide bonds. The molecule has 0 aliphatic heterocycles. The summed E-state index contributed by atoms with van der Waals surface area (Å²) >= 11 is 0. The van der Waals surface area contributed by atoms with E-state index in [0.717, 1.165) is 36.3 Å². The van der Waals surface area contributed by atoms with Crippen molar-refractivity contribution in [2.75, 3.05) is 13.7 Å². The van der Waals surface area contributed by atoms with Gasteiger partial charge in [-0.15, -0.1) is 0 Å². The molecule has 33 heavy (non-hydrogen) atoms. The summed E-state index contributed by atoms with van der Waals surface area (Å²) in [7, 11) is 1.63. The Kier molecular flexibility index (Phi) is 13.0. The SMILES string of the molecule is CCCCCCCCCCOc1ccc(CC(=O)NCc2ccc[n+](CCC)c2)c(OC)c1. The Labute approximate surface area is 200 Å². The zero-order valence-corrected chi connectivity index (χ0v) is 20.9. The predicted octanol–water partition coefficient (Wildman–Crippen LogP) is 5.77. The molecule has 5 nitrogen and oxygen atoms in total. The molecule has 2 aromatic rings. The van der Waals surface area contributed by atoms with Crippen molar-refractivity contribution >= 4 is 5.91 Å². The summed E-state index contributed by atoms with van der Waals surface area (Å²) in [5, 5.41) is 3.01. The highest BCUT2D eigenvalue weighted by Gasteiger charge is 2.11. The molecule has 0 unspecified atom stereocenters. The summed E-state index contributed by atoms with van der Waals surface area (Å²) in [5.41, 5.74) is 1.96. The van der Waals surface area contributed by atoms with Gasteiger partial charge in [-0.25, -0.2) is 4.57 Å². The van der Waals surface area contributed by atoms with Crippen LogP contribution in [0.25, 0.3) is 0 Å². The highest BCUT2D eigenvalue weighted by molar-refractivity contribution is 5.79. The van der Waals surface area contributed by atoms with Crippen molar-refractivity contribution in [3.8, 4) is 11.5 Å². The second kappa shape index (κ2) is 16.1. The van der Waals surface area contributed by atoms with Gasteiger partial charge in [-0.05, 0) is 18.6 Å². The lowest BCUT2D eigenvalue weighted by Crippen LogP contribution is -2.34. The van der Waals surface area contributed by atoms with E-state index in [4.69, 9.17) is 9.47 Å². The molecule has 1 heterocycles. The molecule has 1 aromatic heterocycles. The average molecular weight is 456 g/mol. The number of hydrogen-bond donors (Lipinski definition) is 1. The largest absolute Gasteiger partial charge is 0.496 e. The van der Waals surface area contributed by atoms with Crippen molar-refractivity contribution in [3.05, 3.63) is 53.9 Å². The minimum absolute atomic E-state index is 0.0215. The highest BCUT2D eigenvalue weighted by Crippen LogP contribution is 2.25. The number of pyridine rings is 1. The van der Waals surface area contributed by atoms with E-state index in [1.807, 2.05) is 30.3 Å². The smallest absolute Gasteiger partial charge is 0.224 e. The van der Waals surface area contributed by atoms with Gasteiger partial charge in [0.25, 0.3) is 0 Å². The van der Waals surface area contributed by atoms with E-state index >= 15 is 0 Å². The van der Waals surface area contributed by atoms with Crippen LogP contribution in [-0.2, 0) is 24.3 Å². The van der Waals surface area contributed by atoms with Gasteiger partial charge in [0.05, 0.1) is 20.1 Å². The maximum Gasteiger partial charge on any atom is 0.224 e. The number of methoxy groups -OCH3 is 1. The molecule has 1 N–H and O–H groups in total. The zero-order valence-electron chi connectivity index (χ0n) is 20.9. The summed E-state index contributed by atoms with van der Waals surface area (Å²) in [4.78, 5) is 12.5. The Bertz CT molecular complexity index is 823. The molecule has 0 aliphatic rings. The standard InChI is InChI=1S/C28H42N2O3/c1-4-6-7-8-9-10-11-12-19-33-26-16-15-25(27(21-26)32-3)20-28(31)29-22-24-14-13-18-30(23-24)17-5-2/h13-16,18,21,23H,4-12,17,19-20,22H2,1-3H3/p+1. The van der Waals surface area contributed by atoms with Gasteiger partial charge in [-0.3, -0.25) is 4.79 Å². The van der Waals surface area contributed by atoms with Gasteiger partial charge in [0.2, 0.25) is 5.91 Å². The number of benzene rings is 1. The molecular weight excluding hydrogens is 412 g/mol. The molecule has 1 aromatic carbocycles. The minimum Gasteiger partial charge on any atom is -0.496 e. The number of hydrogen-bond acceptors (Lipinski definition) is 3. The fraction of sp³-hybridized carbons (Fsp3) is 0.571. The fourth-order valence-corrected chi connectivity index (χ4v) is 3.90. The lowest BCUT2D eigenvalue weighted by Gasteiger charge is -2.12. The van der Waals surface area contributed by atoms with Gasteiger partial charge in [-0.1, -0.05) is 64.9 Å². The third-order valence-corrected chi connectivity index (χ3v) is 5.77. The van der Waals surface area contributed by atoms with Crippen LogP contribution < -0.4 is 19.4 Å². The van der Waals surface area contributed by atoms with E-state index < -0.39 is 0 Å². The van der Waals surface area contributed by atoms with Crippen LogP contribution in [0.1, 0.15) is 82.8 Å². The van der Waals surface area contributed by atoms with Crippen molar-refractivity contribution in [2.24, 2.45) is 0 Å². The topological polar surface area (TPSA) is 51.4 Å². The Morgan fingerprint density at radius 1 is 0.970 bits per heavy atom. The molecule has 182 valence electrons. The lowest BCUT2D eigenvalue weighted by molar-refractivity contribution is -0.697. The van der Waals surface area contributed by atoms with Gasteiger partial charge in [-0.2, -0.15) is 0 Å². The first-order valence-electron chi connectivity index (χ1n) is 12.7. The number of aromatic nitrogens is 1. The van der Waals surface area contributed by atoms with Crippen molar-refractivity contribution < 1.29 is 18.8 Å². The number of nitrogens with one attached hydrogen (secondary N) is 1. The quantitative estimate of drug-likeness (QED) is 0.243. The normalized spacial score (nSPS) is 10.8. The molecule has 0 bridgehead atoms. The van der Waals surface area contributed by atoms with Crippen LogP contribution in [-0.4, -0.2) is 19.6 Å². The number of nitrogens with zero attached hydrogens (tertiary/aromatic N) is 1. The second-order valence-corrected chi connectivity index (χ2v) is 8.70. The van der Waals surface area contributed by atoms with Gasteiger partial charge >= 0.3 is 0 Å². The predicted molar refractivity (Wildman–Crippen MR) is 134 cm³/mol. The summed E-state index contributed by atoms with van der Waals surface area (Å²) in [5.74, 6) is 1.47. The summed E-state index contributed by atoms with van der Waals surface area (Å²) in [6.07, 6.45) is 15.8. The number of aryl methyl sites for hydroxylation is 1. The molecule has 2 rings (SSSR count). The van der Waals surface area contributed by atoms with Crippen molar-refractivity contribution in [1.82, 2.24) is 5.32 Å². The van der Waals surface area contributed by atoms with Crippen molar-refractivity contribution in [2.45, 2.75) is 91.1 Å². The Morgan fingerprint density at radius 3 is 2.45 bits per heavy atom. The lowest BCUT2D eigenvalue weighted by atomic mass is 10.1. The molecule has 0 aliphatic carbocycles. The summed E-state index contributed by atoms with van der Waals surface area (Å²) in [6, 6.07) is 9.80. The minimum atomic E-state index is -0.0215. The molecule has 0 fully saturated rings. The number of amides is 1. The highest BCUT2D eigenvalue weighted by atomic mass is 16.5. The van der Waals surface area contributed by atoms with Gasteiger partial charge in [0.1, 0.15) is 18.0 Å². The molecule has 0 saturated heterocycles. The molecular formula is C28H43N2O3+. The van der Waals surface area contributed by atoms with Crippen LogP contribution in [0.3, 0.4) is 0 Å². The van der Waals surface area contributed by atoms with Crippen molar-refractivity contribution in [1.29, 1.82) is 0 Å².